The smallest absolute Gasteiger partial charge is 0.270 e. The average molecular weight is 291 g/mol. The molecule has 0 atom stereocenters. The zero-order valence-corrected chi connectivity index (χ0v) is 12.3. The lowest BCUT2D eigenvalue weighted by Crippen LogP contribution is -2.52. The highest BCUT2D eigenvalue weighted by molar-refractivity contribution is 5.92. The molecule has 0 heterocycles. The average Bonchev–Trinajstić information content (AvgIpc) is 2.51. The number of rotatable bonds is 7. The Balaban J connectivity index is 2.78. The van der Waals surface area contributed by atoms with Gasteiger partial charge >= 0.3 is 0 Å². The van der Waals surface area contributed by atoms with Crippen LogP contribution in [-0.4, -0.2) is 22.9 Å². The summed E-state index contributed by atoms with van der Waals surface area (Å²) < 4.78 is 0. The van der Waals surface area contributed by atoms with Gasteiger partial charge in [0.1, 0.15) is 0 Å². The fourth-order valence-electron chi connectivity index (χ4n) is 1.98. The van der Waals surface area contributed by atoms with E-state index in [-0.39, 0.29) is 11.6 Å². The van der Waals surface area contributed by atoms with E-state index in [2.05, 4.69) is 5.32 Å². The Kier molecular flexibility index (Phi) is 6.05. The summed E-state index contributed by atoms with van der Waals surface area (Å²) in [6.07, 6.45) is 4.41. The van der Waals surface area contributed by atoms with Gasteiger partial charge in [-0.25, -0.2) is 0 Å². The third-order valence-electron chi connectivity index (χ3n) is 3.64. The quantitative estimate of drug-likeness (QED) is 0.457. The molecule has 0 radical (unpaired) electrons. The molecule has 0 aliphatic rings. The number of non-ortho nitro benzene ring substituents is 1. The van der Waals surface area contributed by atoms with Crippen LogP contribution < -0.4 is 11.1 Å². The number of nitrogens with two attached hydrogens (primary N) is 1. The summed E-state index contributed by atoms with van der Waals surface area (Å²) >= 11 is 0. The third kappa shape index (κ3) is 4.68. The molecule has 0 saturated carbocycles. The van der Waals surface area contributed by atoms with Gasteiger partial charge in [-0.1, -0.05) is 26.0 Å². The van der Waals surface area contributed by atoms with Crippen LogP contribution in [0.4, 0.5) is 5.69 Å². The van der Waals surface area contributed by atoms with Crippen molar-refractivity contribution in [2.24, 2.45) is 5.73 Å². The van der Waals surface area contributed by atoms with Gasteiger partial charge in [0, 0.05) is 24.8 Å². The molecule has 6 heteroatoms. The van der Waals surface area contributed by atoms with Gasteiger partial charge in [-0.2, -0.15) is 0 Å². The van der Waals surface area contributed by atoms with Crippen LogP contribution in [0.25, 0.3) is 6.08 Å². The zero-order valence-electron chi connectivity index (χ0n) is 12.3. The van der Waals surface area contributed by atoms with E-state index < -0.39 is 10.5 Å². The van der Waals surface area contributed by atoms with E-state index in [0.717, 1.165) is 12.8 Å². The molecular weight excluding hydrogens is 270 g/mol. The van der Waals surface area contributed by atoms with Crippen molar-refractivity contribution in [2.45, 2.75) is 32.2 Å². The lowest BCUT2D eigenvalue weighted by molar-refractivity contribution is -0.384. The van der Waals surface area contributed by atoms with Crippen LogP contribution in [0.2, 0.25) is 0 Å². The maximum Gasteiger partial charge on any atom is 0.270 e. The van der Waals surface area contributed by atoms with Crippen molar-refractivity contribution in [3.8, 4) is 0 Å². The van der Waals surface area contributed by atoms with Crippen LogP contribution in [0.5, 0.6) is 0 Å². The van der Waals surface area contributed by atoms with E-state index >= 15 is 0 Å². The summed E-state index contributed by atoms with van der Waals surface area (Å²) in [7, 11) is 0. The van der Waals surface area contributed by atoms with Crippen LogP contribution in [0.3, 0.4) is 0 Å². The van der Waals surface area contributed by atoms with E-state index in [4.69, 9.17) is 5.73 Å². The Morgan fingerprint density at radius 2 is 2.10 bits per heavy atom. The van der Waals surface area contributed by atoms with Crippen LogP contribution in [0, 0.1) is 10.1 Å². The fraction of sp³-hybridized carbons (Fsp3) is 0.400. The van der Waals surface area contributed by atoms with Gasteiger partial charge in [-0.3, -0.25) is 14.9 Å². The van der Waals surface area contributed by atoms with E-state index in [1.54, 1.807) is 18.2 Å². The Labute approximate surface area is 124 Å². The monoisotopic (exact) mass is 291 g/mol. The molecule has 1 aromatic rings. The number of nitrogens with one attached hydrogen (secondary N) is 1. The first-order valence-corrected chi connectivity index (χ1v) is 6.91. The molecule has 0 fully saturated rings. The fourth-order valence-corrected chi connectivity index (χ4v) is 1.98. The second-order valence-electron chi connectivity index (χ2n) is 4.87. The minimum atomic E-state index is -0.467. The normalized spacial score (nSPS) is 11.6. The van der Waals surface area contributed by atoms with Crippen LogP contribution in [0.1, 0.15) is 32.3 Å². The number of carbonyl (C=O) groups is 1. The summed E-state index contributed by atoms with van der Waals surface area (Å²) in [4.78, 5) is 22.2. The Morgan fingerprint density at radius 1 is 1.43 bits per heavy atom. The van der Waals surface area contributed by atoms with E-state index in [1.165, 1.54) is 18.2 Å². The topological polar surface area (TPSA) is 98.3 Å². The predicted octanol–water partition coefficient (Wildman–Crippen LogP) is 2.24. The molecule has 1 aromatic carbocycles. The van der Waals surface area contributed by atoms with Gasteiger partial charge in [0.2, 0.25) is 5.91 Å². The van der Waals surface area contributed by atoms with Crippen molar-refractivity contribution < 1.29 is 9.72 Å². The largest absolute Gasteiger partial charge is 0.346 e. The first-order chi connectivity index (χ1) is 9.96. The summed E-state index contributed by atoms with van der Waals surface area (Å²) in [5, 5.41) is 13.6. The predicted molar refractivity (Wildman–Crippen MR) is 82.6 cm³/mol. The lowest BCUT2D eigenvalue weighted by Gasteiger charge is -2.30. The number of carbonyl (C=O) groups excluding carboxylic acids is 1. The number of nitrogens with zero attached hydrogens (tertiary/aromatic N) is 1. The second-order valence-corrected chi connectivity index (χ2v) is 4.87. The van der Waals surface area contributed by atoms with Gasteiger partial charge in [-0.05, 0) is 24.5 Å². The standard InChI is InChI=1S/C15H21N3O3/c1-3-15(4-2,11-16)17-14(19)9-8-12-6-5-7-13(10-12)18(20)21/h5-10H,3-4,11,16H2,1-2H3,(H,17,19). The highest BCUT2D eigenvalue weighted by atomic mass is 16.6. The van der Waals surface area contributed by atoms with Crippen molar-refractivity contribution in [2.75, 3.05) is 6.54 Å². The molecule has 6 nitrogen and oxygen atoms in total. The van der Waals surface area contributed by atoms with Gasteiger partial charge in [0.05, 0.1) is 10.5 Å². The van der Waals surface area contributed by atoms with Gasteiger partial charge in [-0.15, -0.1) is 0 Å². The minimum absolute atomic E-state index is 0.00372. The Morgan fingerprint density at radius 3 is 2.62 bits per heavy atom. The molecule has 0 bridgehead atoms. The van der Waals surface area contributed by atoms with Crippen molar-refractivity contribution >= 4 is 17.7 Å². The molecule has 0 unspecified atom stereocenters. The number of hydrogen-bond acceptors (Lipinski definition) is 4. The Hall–Kier alpha value is -2.21. The molecule has 0 spiro atoms. The second kappa shape index (κ2) is 7.54. The maximum absolute atomic E-state index is 11.9. The molecule has 0 saturated heterocycles. The molecule has 114 valence electrons. The van der Waals surface area contributed by atoms with E-state index in [1.807, 2.05) is 13.8 Å². The minimum Gasteiger partial charge on any atom is -0.346 e. The molecular formula is C15H21N3O3. The number of hydrogen-bond donors (Lipinski definition) is 2. The van der Waals surface area contributed by atoms with E-state index in [9.17, 15) is 14.9 Å². The first-order valence-electron chi connectivity index (χ1n) is 6.91. The number of amides is 1. The molecule has 1 rings (SSSR count). The summed E-state index contributed by atoms with van der Waals surface area (Å²) in [6, 6.07) is 6.11. The summed E-state index contributed by atoms with van der Waals surface area (Å²) in [6.45, 7) is 4.32. The molecule has 3 N–H and O–H groups in total. The lowest BCUT2D eigenvalue weighted by atomic mass is 9.93. The van der Waals surface area contributed by atoms with Crippen LogP contribution >= 0.6 is 0 Å². The highest BCUT2D eigenvalue weighted by Gasteiger charge is 2.25. The van der Waals surface area contributed by atoms with Crippen molar-refractivity contribution in [3.05, 3.63) is 46.0 Å². The number of benzene rings is 1. The van der Waals surface area contributed by atoms with Crippen molar-refractivity contribution in [1.82, 2.24) is 5.32 Å². The highest BCUT2D eigenvalue weighted by Crippen LogP contribution is 2.15. The zero-order chi connectivity index (χ0) is 15.9. The van der Waals surface area contributed by atoms with Crippen molar-refractivity contribution in [1.29, 1.82) is 0 Å². The Bertz CT molecular complexity index is 528. The van der Waals surface area contributed by atoms with E-state index in [0.29, 0.717) is 12.1 Å². The number of nitro groups is 1. The van der Waals surface area contributed by atoms with Crippen LogP contribution in [0.15, 0.2) is 30.3 Å². The van der Waals surface area contributed by atoms with Gasteiger partial charge in [0.15, 0.2) is 0 Å². The van der Waals surface area contributed by atoms with Gasteiger partial charge < -0.3 is 11.1 Å². The van der Waals surface area contributed by atoms with Crippen LogP contribution in [-0.2, 0) is 4.79 Å². The van der Waals surface area contributed by atoms with Gasteiger partial charge in [0.25, 0.3) is 5.69 Å². The molecule has 21 heavy (non-hydrogen) atoms. The molecule has 1 amide bonds. The van der Waals surface area contributed by atoms with Crippen molar-refractivity contribution in [3.63, 3.8) is 0 Å². The first kappa shape index (κ1) is 16.8. The SMILES string of the molecule is CCC(CC)(CN)NC(=O)C=Cc1cccc([N+](=O)[O-])c1. The maximum atomic E-state index is 11.9. The molecule has 0 aromatic heterocycles. The number of nitro benzene ring substituents is 1. The third-order valence-corrected chi connectivity index (χ3v) is 3.64. The summed E-state index contributed by atoms with van der Waals surface area (Å²) in [5.41, 5.74) is 5.92. The molecule has 0 aliphatic carbocycles. The summed E-state index contributed by atoms with van der Waals surface area (Å²) in [5.74, 6) is -0.254. The molecule has 0 aliphatic heterocycles.